The lowest BCUT2D eigenvalue weighted by Gasteiger charge is -2.13. The Balaban J connectivity index is 1.81. The van der Waals surface area contributed by atoms with Crippen molar-refractivity contribution in [1.82, 2.24) is 0 Å². The molecule has 5 rings (SSSR count). The molecule has 0 nitrogen and oxygen atoms in total. The Bertz CT molecular complexity index is 1160. The van der Waals surface area contributed by atoms with Gasteiger partial charge in [-0.2, -0.15) is 0 Å². The van der Waals surface area contributed by atoms with E-state index in [9.17, 15) is 0 Å². The topological polar surface area (TPSA) is 0 Å². The second-order valence-electron chi connectivity index (χ2n) is 6.61. The van der Waals surface area contributed by atoms with E-state index in [1.54, 1.807) is 0 Å². The fourth-order valence-corrected chi connectivity index (χ4v) is 3.94. The van der Waals surface area contributed by atoms with Crippen LogP contribution in [0.15, 0.2) is 97.1 Å². The molecule has 0 aliphatic rings. The summed E-state index contributed by atoms with van der Waals surface area (Å²) in [5.41, 5.74) is 2.81. The van der Waals surface area contributed by atoms with Gasteiger partial charge in [-0.15, -0.1) is 0 Å². The van der Waals surface area contributed by atoms with Gasteiger partial charge in [0.05, 0.1) is 0 Å². The number of rotatable bonds is 2. The monoisotopic (exact) mass is 318 g/mol. The van der Waals surface area contributed by atoms with Crippen LogP contribution in [0, 0.1) is 0 Å². The minimum atomic E-state index is 0.948. The average molecular weight is 318 g/mol. The maximum Gasteiger partial charge on any atom is -0.000729 e. The molecule has 0 atom stereocenters. The van der Waals surface area contributed by atoms with Crippen molar-refractivity contribution in [2.24, 2.45) is 0 Å². The van der Waals surface area contributed by atoms with E-state index in [2.05, 4.69) is 97.1 Å². The standard InChI is InChI=1S/C25H18/c1-4-13-22-18(8-1)11-7-12-21(22)17-25-23-14-5-2-9-19(23)16-20-10-3-6-15-24(20)25/h1-16H,17H2. The number of benzene rings is 5. The molecule has 0 fully saturated rings. The maximum atomic E-state index is 2.30. The predicted molar refractivity (Wildman–Crippen MR) is 108 cm³/mol. The predicted octanol–water partition coefficient (Wildman–Crippen LogP) is 6.74. The van der Waals surface area contributed by atoms with Gasteiger partial charge in [-0.3, -0.25) is 0 Å². The van der Waals surface area contributed by atoms with Crippen LogP contribution in [0.5, 0.6) is 0 Å². The molecule has 5 aromatic carbocycles. The van der Waals surface area contributed by atoms with Gasteiger partial charge in [0.1, 0.15) is 0 Å². The SMILES string of the molecule is c1ccc2c(Cc3c4ccccc4cc4ccccc34)cccc2c1. The molecule has 0 bridgehead atoms. The van der Waals surface area contributed by atoms with E-state index in [1.165, 1.54) is 43.4 Å². The Morgan fingerprint density at radius 2 is 0.960 bits per heavy atom. The van der Waals surface area contributed by atoms with Crippen LogP contribution < -0.4 is 0 Å². The largest absolute Gasteiger partial charge is 0.0616 e. The van der Waals surface area contributed by atoms with Gasteiger partial charge in [0, 0.05) is 0 Å². The molecule has 25 heavy (non-hydrogen) atoms. The van der Waals surface area contributed by atoms with E-state index in [0.29, 0.717) is 0 Å². The van der Waals surface area contributed by atoms with E-state index in [4.69, 9.17) is 0 Å². The molecule has 0 heteroatoms. The minimum absolute atomic E-state index is 0.948. The molecule has 0 heterocycles. The lowest BCUT2D eigenvalue weighted by molar-refractivity contribution is 1.26. The van der Waals surface area contributed by atoms with Crippen LogP contribution in [0.1, 0.15) is 11.1 Å². The van der Waals surface area contributed by atoms with Crippen LogP contribution in [0.3, 0.4) is 0 Å². The summed E-state index contributed by atoms with van der Waals surface area (Å²) in [5.74, 6) is 0. The van der Waals surface area contributed by atoms with E-state index in [-0.39, 0.29) is 0 Å². The molecule has 118 valence electrons. The Morgan fingerprint density at radius 3 is 1.64 bits per heavy atom. The van der Waals surface area contributed by atoms with Gasteiger partial charge < -0.3 is 0 Å². The normalized spacial score (nSPS) is 11.4. The summed E-state index contributed by atoms with van der Waals surface area (Å²) in [6, 6.07) is 35.1. The molecule has 0 aromatic heterocycles. The number of hydrogen-bond donors (Lipinski definition) is 0. The number of fused-ring (bicyclic) bond motifs is 3. The van der Waals surface area contributed by atoms with Gasteiger partial charge in [0.25, 0.3) is 0 Å². The molecule has 0 aliphatic carbocycles. The summed E-state index contributed by atoms with van der Waals surface area (Å²) < 4.78 is 0. The summed E-state index contributed by atoms with van der Waals surface area (Å²) in [5, 5.41) is 8.00. The maximum absolute atomic E-state index is 2.30. The van der Waals surface area contributed by atoms with Gasteiger partial charge in [-0.1, -0.05) is 91.0 Å². The van der Waals surface area contributed by atoms with Crippen molar-refractivity contribution in [3.05, 3.63) is 108 Å². The first-order valence-corrected chi connectivity index (χ1v) is 8.76. The van der Waals surface area contributed by atoms with Crippen molar-refractivity contribution in [1.29, 1.82) is 0 Å². The van der Waals surface area contributed by atoms with Crippen LogP contribution in [-0.4, -0.2) is 0 Å². The van der Waals surface area contributed by atoms with Crippen molar-refractivity contribution in [3.63, 3.8) is 0 Å². The quantitative estimate of drug-likeness (QED) is 0.316. The summed E-state index contributed by atoms with van der Waals surface area (Å²) >= 11 is 0. The van der Waals surface area contributed by atoms with E-state index in [1.807, 2.05) is 0 Å². The van der Waals surface area contributed by atoms with Crippen LogP contribution in [0.4, 0.5) is 0 Å². The zero-order valence-corrected chi connectivity index (χ0v) is 13.9. The molecule has 0 spiro atoms. The zero-order valence-electron chi connectivity index (χ0n) is 13.9. The van der Waals surface area contributed by atoms with Gasteiger partial charge in [-0.05, 0) is 55.9 Å². The van der Waals surface area contributed by atoms with Crippen LogP contribution in [-0.2, 0) is 6.42 Å². The average Bonchev–Trinajstić information content (AvgIpc) is 2.68. The molecule has 5 aromatic rings. The summed E-state index contributed by atoms with van der Waals surface area (Å²) in [4.78, 5) is 0. The van der Waals surface area contributed by atoms with E-state index in [0.717, 1.165) is 6.42 Å². The van der Waals surface area contributed by atoms with E-state index >= 15 is 0 Å². The van der Waals surface area contributed by atoms with Crippen molar-refractivity contribution >= 4 is 32.3 Å². The van der Waals surface area contributed by atoms with Crippen LogP contribution in [0.2, 0.25) is 0 Å². The zero-order chi connectivity index (χ0) is 16.6. The summed E-state index contributed by atoms with van der Waals surface area (Å²) in [6.07, 6.45) is 0.948. The Hall–Kier alpha value is -3.12. The van der Waals surface area contributed by atoms with Crippen molar-refractivity contribution in [3.8, 4) is 0 Å². The Kier molecular flexibility index (Phi) is 3.28. The van der Waals surface area contributed by atoms with Gasteiger partial charge in [-0.25, -0.2) is 0 Å². The Labute approximate surface area is 147 Å². The molecule has 0 aliphatic heterocycles. The molecule has 0 saturated carbocycles. The van der Waals surface area contributed by atoms with Gasteiger partial charge >= 0.3 is 0 Å². The highest BCUT2D eigenvalue weighted by atomic mass is 14.1. The molecule has 0 amide bonds. The lowest BCUT2D eigenvalue weighted by Crippen LogP contribution is -1.93. The molecule has 0 radical (unpaired) electrons. The second-order valence-corrected chi connectivity index (χ2v) is 6.61. The molecule has 0 unspecified atom stereocenters. The third kappa shape index (κ3) is 2.38. The summed E-state index contributed by atoms with van der Waals surface area (Å²) in [7, 11) is 0. The first kappa shape index (κ1) is 14.2. The highest BCUT2D eigenvalue weighted by molar-refractivity contribution is 6.03. The molecular formula is C25H18. The lowest BCUT2D eigenvalue weighted by atomic mass is 9.91. The first-order valence-electron chi connectivity index (χ1n) is 8.76. The molecular weight excluding hydrogens is 300 g/mol. The minimum Gasteiger partial charge on any atom is -0.0616 e. The van der Waals surface area contributed by atoms with Crippen molar-refractivity contribution in [2.75, 3.05) is 0 Å². The fourth-order valence-electron chi connectivity index (χ4n) is 3.94. The van der Waals surface area contributed by atoms with Crippen molar-refractivity contribution in [2.45, 2.75) is 6.42 Å². The highest BCUT2D eigenvalue weighted by Crippen LogP contribution is 2.31. The third-order valence-corrected chi connectivity index (χ3v) is 5.13. The third-order valence-electron chi connectivity index (χ3n) is 5.13. The smallest absolute Gasteiger partial charge is 0.000729 e. The van der Waals surface area contributed by atoms with Gasteiger partial charge in [0.15, 0.2) is 0 Å². The second kappa shape index (κ2) is 5.75. The first-order chi connectivity index (χ1) is 12.4. The summed E-state index contributed by atoms with van der Waals surface area (Å²) in [6.45, 7) is 0. The highest BCUT2D eigenvalue weighted by Gasteiger charge is 2.09. The molecule has 0 saturated heterocycles. The van der Waals surface area contributed by atoms with Crippen molar-refractivity contribution < 1.29 is 0 Å². The van der Waals surface area contributed by atoms with Crippen LogP contribution in [0.25, 0.3) is 32.3 Å². The van der Waals surface area contributed by atoms with Gasteiger partial charge in [0.2, 0.25) is 0 Å². The van der Waals surface area contributed by atoms with E-state index < -0.39 is 0 Å². The fraction of sp³-hybridized carbons (Fsp3) is 0.0400. The molecule has 0 N–H and O–H groups in total. The number of hydrogen-bond acceptors (Lipinski definition) is 0. The Morgan fingerprint density at radius 1 is 0.440 bits per heavy atom. The van der Waals surface area contributed by atoms with Crippen LogP contribution >= 0.6 is 0 Å².